The monoisotopic (exact) mass is 1230 g/mol. The van der Waals surface area contributed by atoms with Crippen molar-refractivity contribution in [1.29, 1.82) is 0 Å². The van der Waals surface area contributed by atoms with Gasteiger partial charge in [0.1, 0.15) is 29.7 Å². The maximum Gasteiger partial charge on any atom is 0.326 e. The molecule has 9 amide bonds. The number of rotatable bonds is 13. The van der Waals surface area contributed by atoms with Crippen LogP contribution in [-0.4, -0.2) is 139 Å². The lowest BCUT2D eigenvalue weighted by atomic mass is 9.85. The molecular weight excluding hydrogens is 1140 g/mol. The van der Waals surface area contributed by atoms with Gasteiger partial charge in [0, 0.05) is 30.1 Å². The molecule has 8 rings (SSSR count). The number of fused-ring (bicyclic) bond motifs is 2. The van der Waals surface area contributed by atoms with Gasteiger partial charge in [-0.15, -0.1) is 12.4 Å². The Balaban J connectivity index is 0.000000255. The smallest absolute Gasteiger partial charge is 0.326 e. The van der Waals surface area contributed by atoms with Crippen molar-refractivity contribution >= 4 is 80.0 Å². The molecule has 4 aliphatic carbocycles. The maximum absolute atomic E-state index is 14.0. The van der Waals surface area contributed by atoms with Crippen molar-refractivity contribution in [2.45, 2.75) is 193 Å². The number of amides is 9. The van der Waals surface area contributed by atoms with E-state index >= 15 is 0 Å². The van der Waals surface area contributed by atoms with Crippen molar-refractivity contribution in [3.8, 4) is 0 Å². The van der Waals surface area contributed by atoms with Crippen LogP contribution < -0.4 is 41.8 Å². The quantitative estimate of drug-likeness (QED) is 0.132. The summed E-state index contributed by atoms with van der Waals surface area (Å²) in [6.45, 7) is 31.2. The zero-order valence-electron chi connectivity index (χ0n) is 51.2. The first-order valence-electron chi connectivity index (χ1n) is 28.1. The van der Waals surface area contributed by atoms with E-state index in [1.807, 2.05) is 102 Å². The highest BCUT2D eigenvalue weighted by molar-refractivity contribution is 7.90. The summed E-state index contributed by atoms with van der Waals surface area (Å²) in [7, 11) is -7.90. The van der Waals surface area contributed by atoms with Gasteiger partial charge in [0.05, 0.1) is 15.3 Å². The van der Waals surface area contributed by atoms with Crippen molar-refractivity contribution in [2.75, 3.05) is 13.1 Å². The highest BCUT2D eigenvalue weighted by Crippen LogP contribution is 2.66. The number of aliphatic carboxylic acids is 1. The van der Waals surface area contributed by atoms with E-state index in [0.29, 0.717) is 25.9 Å². The molecule has 2 aromatic rings. The second-order valence-electron chi connectivity index (χ2n) is 28.6. The van der Waals surface area contributed by atoms with E-state index in [1.54, 1.807) is 36.4 Å². The number of carbonyl (C=O) groups is 8. The molecule has 10 N–H and O–H groups in total. The molecule has 2 saturated heterocycles. The van der Waals surface area contributed by atoms with Crippen LogP contribution in [0.2, 0.25) is 0 Å². The summed E-state index contributed by atoms with van der Waals surface area (Å²) in [5.41, 5.74) is 0.888. The molecule has 6 aliphatic rings. The van der Waals surface area contributed by atoms with E-state index in [9.17, 15) is 60.3 Å². The Morgan fingerprint density at radius 1 is 0.560 bits per heavy atom. The Bertz CT molecular complexity index is 3090. The Morgan fingerprint density at radius 3 is 1.23 bits per heavy atom. The van der Waals surface area contributed by atoms with Gasteiger partial charge < -0.3 is 47.2 Å². The van der Waals surface area contributed by atoms with Gasteiger partial charge in [0.2, 0.25) is 17.7 Å². The highest BCUT2D eigenvalue weighted by Gasteiger charge is 2.71. The molecule has 23 nitrogen and oxygen atoms in total. The van der Waals surface area contributed by atoms with Crippen LogP contribution in [0, 0.1) is 45.3 Å². The maximum atomic E-state index is 14.0. The second-order valence-corrected chi connectivity index (χ2v) is 32.0. The summed E-state index contributed by atoms with van der Waals surface area (Å²) in [4.78, 5) is 106. The third-order valence-electron chi connectivity index (χ3n) is 16.6. The number of piperidine rings is 2. The van der Waals surface area contributed by atoms with Gasteiger partial charge in [0.15, 0.2) is 0 Å². The van der Waals surface area contributed by atoms with Crippen molar-refractivity contribution in [3.05, 3.63) is 60.7 Å². The normalized spacial score (nSPS) is 24.2. The fraction of sp³-hybridized carbons (Fsp3) is 0.655. The van der Waals surface area contributed by atoms with E-state index in [1.165, 1.54) is 34.1 Å². The van der Waals surface area contributed by atoms with Crippen molar-refractivity contribution in [1.82, 2.24) is 45.8 Å². The molecule has 0 bridgehead atoms. The molecule has 2 heterocycles. The molecule has 468 valence electrons. The summed E-state index contributed by atoms with van der Waals surface area (Å²) in [6.07, 6.45) is 1.63. The molecule has 4 saturated carbocycles. The third kappa shape index (κ3) is 15.7. The largest absolute Gasteiger partial charge is 0.480 e. The first kappa shape index (κ1) is 68.7. The van der Waals surface area contributed by atoms with E-state index in [-0.39, 0.29) is 81.4 Å². The van der Waals surface area contributed by atoms with E-state index in [2.05, 4.69) is 45.2 Å². The van der Waals surface area contributed by atoms with Crippen LogP contribution in [0.1, 0.15) is 136 Å². The standard InChI is InChI=1S/C29H43N5O6S.C19H33N3O4.C10H12N2O3S.ClH/c1-26(2,3)21(30-25(38)32-27(4,5)6)23(36)34-16-18-19(28(18,7)8)20(34)22(35)31-29(14-15-29)24(37)33-41(39,40)17-12-10-9-11-13-17;1-17(2,3)13(20-16(26)21-18(4,5)6)14(23)22-9-10-11(19(10,7)8)12(22)15(24)25;11-10(6-7-10)9(13)12-16(14,15)8-4-2-1-3-5-8;/h9-13,18-21H,14-16H2,1-8H3,(H,31,35)(H,33,37)(H2,30,32,38);10-13H,9H2,1-8H3,(H,24,25)(H2,20,21,26);1-5H,6-7,11H2,(H,12,13);1H/t18?,19?,20-,21+;10?,11?,12-,13+;;/m00../s1. The lowest BCUT2D eigenvalue weighted by Gasteiger charge is -2.38. The van der Waals surface area contributed by atoms with E-state index in [0.717, 1.165) is 0 Å². The van der Waals surface area contributed by atoms with E-state index in [4.69, 9.17) is 5.73 Å². The minimum absolute atomic E-state index is 0. The van der Waals surface area contributed by atoms with E-state index < -0.39 is 113 Å². The minimum atomic E-state index is -4.12. The summed E-state index contributed by atoms with van der Waals surface area (Å²) in [6, 6.07) is 11.0. The number of nitrogens with zero attached hydrogens (tertiary/aromatic N) is 2. The van der Waals surface area contributed by atoms with Crippen LogP contribution in [0.4, 0.5) is 9.59 Å². The molecule has 2 aliphatic heterocycles. The number of nitrogens with two attached hydrogens (primary N) is 1. The van der Waals surface area contributed by atoms with Gasteiger partial charge in [-0.2, -0.15) is 0 Å². The van der Waals surface area contributed by atoms with Crippen LogP contribution >= 0.6 is 12.4 Å². The lowest BCUT2D eigenvalue weighted by Crippen LogP contribution is -2.62. The fourth-order valence-corrected chi connectivity index (χ4v) is 13.4. The van der Waals surface area contributed by atoms with Crippen LogP contribution in [0.3, 0.4) is 0 Å². The first-order chi connectivity index (χ1) is 37.7. The fourth-order valence-electron chi connectivity index (χ4n) is 11.2. The Morgan fingerprint density at radius 2 is 0.905 bits per heavy atom. The molecule has 84 heavy (non-hydrogen) atoms. The van der Waals surface area contributed by atoms with Gasteiger partial charge in [-0.05, 0) is 131 Å². The van der Waals surface area contributed by atoms with Gasteiger partial charge >= 0.3 is 18.0 Å². The molecule has 2 aromatic carbocycles. The predicted molar refractivity (Wildman–Crippen MR) is 317 cm³/mol. The topological polar surface area (TPSA) is 342 Å². The summed E-state index contributed by atoms with van der Waals surface area (Å²) in [5.74, 6) is -3.43. The third-order valence-corrected chi connectivity index (χ3v) is 19.3. The molecule has 0 radical (unpaired) electrons. The average molecular weight is 1230 g/mol. The number of likely N-dealkylation sites (tertiary alicyclic amines) is 2. The molecule has 8 atom stereocenters. The number of carboxylic acids is 1. The van der Waals surface area contributed by atoms with Gasteiger partial charge in [-0.25, -0.2) is 40.7 Å². The molecule has 0 spiro atoms. The highest BCUT2D eigenvalue weighted by atomic mass is 35.5. The van der Waals surface area contributed by atoms with Gasteiger partial charge in [-0.3, -0.25) is 24.0 Å². The van der Waals surface area contributed by atoms with Crippen molar-refractivity contribution in [2.24, 2.45) is 51.1 Å². The number of urea groups is 2. The van der Waals surface area contributed by atoms with Crippen LogP contribution in [-0.2, 0) is 48.8 Å². The number of sulfonamides is 2. The molecule has 6 fully saturated rings. The molecule has 26 heteroatoms. The summed E-state index contributed by atoms with van der Waals surface area (Å²) < 4.78 is 53.0. The Labute approximate surface area is 501 Å². The minimum Gasteiger partial charge on any atom is -0.480 e. The Kier molecular flexibility index (Phi) is 19.4. The van der Waals surface area contributed by atoms with Gasteiger partial charge in [0.25, 0.3) is 31.9 Å². The van der Waals surface area contributed by atoms with Crippen molar-refractivity contribution < 1.29 is 60.3 Å². The zero-order valence-corrected chi connectivity index (χ0v) is 53.6. The number of hydrogen-bond donors (Lipinski definition) is 9. The van der Waals surface area contributed by atoms with Crippen LogP contribution in [0.5, 0.6) is 0 Å². The van der Waals surface area contributed by atoms with Crippen LogP contribution in [0.15, 0.2) is 70.5 Å². The number of nitrogens with one attached hydrogen (secondary N) is 7. The zero-order chi connectivity index (χ0) is 62.8. The summed E-state index contributed by atoms with van der Waals surface area (Å²) >= 11 is 0. The molecule has 0 aromatic heterocycles. The molecular formula is C58H89ClN10O13S2. The average Bonchev–Trinajstić information content (AvgIpc) is 1.93. The van der Waals surface area contributed by atoms with Gasteiger partial charge in [-0.1, -0.05) is 106 Å². The lowest BCUT2D eigenvalue weighted by molar-refractivity contribution is -0.152. The number of carbonyl (C=O) groups excluding carboxylic acids is 7. The first-order valence-corrected chi connectivity index (χ1v) is 31.0. The number of benzene rings is 2. The summed E-state index contributed by atoms with van der Waals surface area (Å²) in [5, 5.41) is 23.7. The second kappa shape index (κ2) is 23.7. The Hall–Kier alpha value is -6.05. The number of hydrogen-bond acceptors (Lipinski definition) is 13. The molecule has 4 unspecified atom stereocenters. The number of halogens is 1. The SMILES string of the molecule is CC(C)(C)NC(=O)N[C@H](C(=O)N1CC2C([C@H]1C(=O)NC1(C(=O)NS(=O)(=O)c3ccccc3)CC1)C2(C)C)C(C)(C)C.CC(C)(C)NC(=O)N[C@H](C(=O)N1CC2C([C@H]1C(=O)O)C2(C)C)C(C)(C)C.Cl.NC1(C(=O)NS(=O)(=O)c2ccccc2)CC1. The van der Waals surface area contributed by atoms with Crippen molar-refractivity contribution in [3.63, 3.8) is 0 Å². The van der Waals surface area contributed by atoms with Crippen LogP contribution in [0.25, 0.3) is 0 Å². The predicted octanol–water partition coefficient (Wildman–Crippen LogP) is 4.61. The number of carboxylic acid groups (broad SMARTS) is 1.